The summed E-state index contributed by atoms with van der Waals surface area (Å²) in [4.78, 5) is 27.6. The third-order valence-electron chi connectivity index (χ3n) is 2.63. The maximum Gasteiger partial charge on any atom is 0.269 e. The Morgan fingerprint density at radius 2 is 1.86 bits per heavy atom. The number of rotatable bonds is 5. The number of pyridine rings is 1. The fourth-order valence-electron chi connectivity index (χ4n) is 1.57. The summed E-state index contributed by atoms with van der Waals surface area (Å²) in [6, 6.07) is 12.5. The highest BCUT2D eigenvalue weighted by Gasteiger charge is 2.07. The third kappa shape index (κ3) is 5.50. The van der Waals surface area contributed by atoms with Crippen molar-refractivity contribution in [3.05, 3.63) is 64.4 Å². The first-order valence-electron chi connectivity index (χ1n) is 6.47. The number of thioether (sulfide) groups is 1. The van der Waals surface area contributed by atoms with Gasteiger partial charge >= 0.3 is 0 Å². The average molecular weight is 380 g/mol. The Balaban J connectivity index is 1.69. The van der Waals surface area contributed by atoms with Crippen molar-refractivity contribution in [2.45, 2.75) is 5.75 Å². The monoisotopic (exact) mass is 379 g/mol. The van der Waals surface area contributed by atoms with E-state index in [1.54, 1.807) is 30.5 Å². The first kappa shape index (κ1) is 16.5. The van der Waals surface area contributed by atoms with Crippen LogP contribution < -0.4 is 10.9 Å². The lowest BCUT2D eigenvalue weighted by atomic mass is 10.2. The Bertz CT molecular complexity index is 635. The number of hydrazine groups is 1. The largest absolute Gasteiger partial charge is 0.272 e. The van der Waals surface area contributed by atoms with E-state index in [1.165, 1.54) is 11.8 Å². The van der Waals surface area contributed by atoms with Crippen LogP contribution in [0.5, 0.6) is 0 Å². The molecule has 0 unspecified atom stereocenters. The van der Waals surface area contributed by atoms with Crippen LogP contribution in [0, 0.1) is 0 Å². The van der Waals surface area contributed by atoms with Gasteiger partial charge in [-0.1, -0.05) is 22.0 Å². The van der Waals surface area contributed by atoms with Crippen molar-refractivity contribution in [3.63, 3.8) is 0 Å². The fraction of sp³-hybridized carbons (Fsp3) is 0.133. The number of amides is 2. The van der Waals surface area contributed by atoms with E-state index in [1.807, 2.05) is 18.2 Å². The highest BCUT2D eigenvalue weighted by Crippen LogP contribution is 2.10. The second-order valence-corrected chi connectivity index (χ2v) is 6.22. The summed E-state index contributed by atoms with van der Waals surface area (Å²) in [5, 5.41) is 0. The van der Waals surface area contributed by atoms with Gasteiger partial charge in [-0.25, -0.2) is 0 Å². The van der Waals surface area contributed by atoms with Crippen molar-refractivity contribution in [1.82, 2.24) is 15.8 Å². The summed E-state index contributed by atoms with van der Waals surface area (Å²) in [7, 11) is 0. The molecule has 0 aliphatic rings. The molecule has 2 N–H and O–H groups in total. The Kier molecular flexibility index (Phi) is 6.42. The maximum atomic E-state index is 11.8. The molecule has 114 valence electrons. The molecule has 2 rings (SSSR count). The molecule has 0 aliphatic heterocycles. The number of nitrogens with zero attached hydrogens (tertiary/aromatic N) is 1. The van der Waals surface area contributed by atoms with Crippen LogP contribution in [-0.2, 0) is 10.5 Å². The summed E-state index contributed by atoms with van der Waals surface area (Å²) in [5.74, 6) is 0.286. The van der Waals surface area contributed by atoms with Crippen LogP contribution in [0.25, 0.3) is 0 Å². The van der Waals surface area contributed by atoms with Crippen molar-refractivity contribution in [3.8, 4) is 0 Å². The Hall–Kier alpha value is -1.86. The number of benzene rings is 1. The van der Waals surface area contributed by atoms with Gasteiger partial charge in [-0.3, -0.25) is 25.4 Å². The molecule has 1 heterocycles. The van der Waals surface area contributed by atoms with Gasteiger partial charge in [-0.2, -0.15) is 0 Å². The molecule has 0 fully saturated rings. The molecule has 7 heteroatoms. The normalized spacial score (nSPS) is 10.0. The molecule has 1 aromatic carbocycles. The van der Waals surface area contributed by atoms with Crippen molar-refractivity contribution in [2.75, 3.05) is 5.75 Å². The Labute approximate surface area is 141 Å². The topological polar surface area (TPSA) is 71.1 Å². The molecule has 2 amide bonds. The quantitative estimate of drug-likeness (QED) is 0.783. The number of carbonyl (C=O) groups excluding carboxylic acids is 2. The first-order valence-corrected chi connectivity index (χ1v) is 8.42. The molecular formula is C15H14BrN3O2S. The van der Waals surface area contributed by atoms with E-state index in [2.05, 4.69) is 31.8 Å². The lowest BCUT2D eigenvalue weighted by Gasteiger charge is -2.07. The van der Waals surface area contributed by atoms with Crippen molar-refractivity contribution < 1.29 is 9.59 Å². The van der Waals surface area contributed by atoms with E-state index < -0.39 is 0 Å². The summed E-state index contributed by atoms with van der Waals surface area (Å²) < 4.78 is 0.888. The Morgan fingerprint density at radius 3 is 2.55 bits per heavy atom. The summed E-state index contributed by atoms with van der Waals surface area (Å²) in [6.45, 7) is 0. The van der Waals surface area contributed by atoms with Crippen LogP contribution in [0.2, 0.25) is 0 Å². The molecular weight excluding hydrogens is 366 g/mol. The molecule has 5 nitrogen and oxygen atoms in total. The lowest BCUT2D eigenvalue weighted by molar-refractivity contribution is -0.119. The molecule has 0 saturated heterocycles. The second-order valence-electron chi connectivity index (χ2n) is 4.32. The van der Waals surface area contributed by atoms with Gasteiger partial charge in [0.05, 0.1) is 11.4 Å². The summed E-state index contributed by atoms with van der Waals surface area (Å²) in [5.41, 5.74) is 6.17. The summed E-state index contributed by atoms with van der Waals surface area (Å²) >= 11 is 4.73. The van der Waals surface area contributed by atoms with Crippen molar-refractivity contribution in [2.24, 2.45) is 0 Å². The molecule has 0 bridgehead atoms. The lowest BCUT2D eigenvalue weighted by Crippen LogP contribution is -2.42. The van der Waals surface area contributed by atoms with E-state index >= 15 is 0 Å². The molecule has 1 aromatic heterocycles. The Morgan fingerprint density at radius 1 is 1.09 bits per heavy atom. The molecule has 0 radical (unpaired) electrons. The first-order chi connectivity index (χ1) is 10.6. The number of halogens is 1. The zero-order chi connectivity index (χ0) is 15.8. The highest BCUT2D eigenvalue weighted by molar-refractivity contribution is 9.10. The van der Waals surface area contributed by atoms with Crippen LogP contribution >= 0.6 is 27.7 Å². The highest BCUT2D eigenvalue weighted by atomic mass is 79.9. The van der Waals surface area contributed by atoms with Gasteiger partial charge < -0.3 is 0 Å². The number of hydrogen-bond donors (Lipinski definition) is 2. The maximum absolute atomic E-state index is 11.8. The van der Waals surface area contributed by atoms with Gasteiger partial charge in [0.15, 0.2) is 0 Å². The molecule has 0 saturated carbocycles. The second kappa shape index (κ2) is 8.55. The van der Waals surface area contributed by atoms with E-state index in [4.69, 9.17) is 0 Å². The van der Waals surface area contributed by atoms with Gasteiger partial charge in [0.25, 0.3) is 5.91 Å². The van der Waals surface area contributed by atoms with Crippen molar-refractivity contribution in [1.29, 1.82) is 0 Å². The van der Waals surface area contributed by atoms with Crippen LogP contribution in [0.15, 0.2) is 53.1 Å². The molecule has 2 aromatic rings. The fourth-order valence-corrected chi connectivity index (χ4v) is 2.57. The van der Waals surface area contributed by atoms with E-state index in [9.17, 15) is 9.59 Å². The van der Waals surface area contributed by atoms with Gasteiger partial charge in [0.2, 0.25) is 5.91 Å². The minimum atomic E-state index is -0.351. The van der Waals surface area contributed by atoms with Gasteiger partial charge in [-0.05, 0) is 36.4 Å². The van der Waals surface area contributed by atoms with Crippen LogP contribution in [0.1, 0.15) is 16.1 Å². The smallest absolute Gasteiger partial charge is 0.269 e. The van der Waals surface area contributed by atoms with Gasteiger partial charge in [0.1, 0.15) is 0 Å². The SMILES string of the molecule is O=C(CSCc1ccccn1)NNC(=O)c1ccc(Br)cc1. The van der Waals surface area contributed by atoms with Gasteiger partial charge in [-0.15, -0.1) is 11.8 Å². The van der Waals surface area contributed by atoms with E-state index in [0.717, 1.165) is 10.2 Å². The average Bonchev–Trinajstić information content (AvgIpc) is 2.54. The number of aromatic nitrogens is 1. The van der Waals surface area contributed by atoms with Crippen LogP contribution in [0.4, 0.5) is 0 Å². The zero-order valence-electron chi connectivity index (χ0n) is 11.6. The summed E-state index contributed by atoms with van der Waals surface area (Å²) in [6.07, 6.45) is 1.72. The molecule has 0 spiro atoms. The molecule has 0 atom stereocenters. The predicted octanol–water partition coefficient (Wildman–Crippen LogP) is 2.54. The molecule has 22 heavy (non-hydrogen) atoms. The number of hydrogen-bond acceptors (Lipinski definition) is 4. The minimum absolute atomic E-state index is 0.247. The van der Waals surface area contributed by atoms with Crippen LogP contribution in [-0.4, -0.2) is 22.6 Å². The van der Waals surface area contributed by atoms with E-state index in [0.29, 0.717) is 11.3 Å². The number of carbonyl (C=O) groups is 2. The molecule has 0 aliphatic carbocycles. The predicted molar refractivity (Wildman–Crippen MR) is 90.1 cm³/mol. The number of nitrogens with one attached hydrogen (secondary N) is 2. The van der Waals surface area contributed by atoms with Gasteiger partial charge in [0, 0.05) is 22.0 Å². The third-order valence-corrected chi connectivity index (χ3v) is 4.13. The minimum Gasteiger partial charge on any atom is -0.272 e. The van der Waals surface area contributed by atoms with E-state index in [-0.39, 0.29) is 17.6 Å². The van der Waals surface area contributed by atoms with Crippen LogP contribution in [0.3, 0.4) is 0 Å². The zero-order valence-corrected chi connectivity index (χ0v) is 14.0. The van der Waals surface area contributed by atoms with Crippen molar-refractivity contribution >= 4 is 39.5 Å². The standard InChI is InChI=1S/C15H14BrN3O2S/c16-12-6-4-11(5-7-12)15(21)19-18-14(20)10-22-9-13-3-1-2-8-17-13/h1-8H,9-10H2,(H,18,20)(H,19,21).